The number of aryl methyl sites for hydroxylation is 1. The summed E-state index contributed by atoms with van der Waals surface area (Å²) >= 11 is 0. The van der Waals surface area contributed by atoms with Crippen molar-refractivity contribution in [3.63, 3.8) is 0 Å². The van der Waals surface area contributed by atoms with Crippen LogP contribution in [0.25, 0.3) is 21.5 Å². The first kappa shape index (κ1) is 19.2. The third-order valence-electron chi connectivity index (χ3n) is 7.18. The molecule has 1 N–H and O–H groups in total. The third kappa shape index (κ3) is 2.79. The van der Waals surface area contributed by atoms with Gasteiger partial charge in [0.2, 0.25) is 0 Å². The average Bonchev–Trinajstić information content (AvgIpc) is 3.44. The Bertz CT molecular complexity index is 1380. The summed E-state index contributed by atoms with van der Waals surface area (Å²) in [5.41, 5.74) is 3.02. The Labute approximate surface area is 186 Å². The highest BCUT2D eigenvalue weighted by Crippen LogP contribution is 2.61. The second-order valence-electron chi connectivity index (χ2n) is 8.84. The fourth-order valence-electron chi connectivity index (χ4n) is 5.80. The highest BCUT2D eigenvalue weighted by molar-refractivity contribution is 6.00. The van der Waals surface area contributed by atoms with Crippen LogP contribution in [-0.2, 0) is 6.42 Å². The number of carbonyl (C=O) groups excluding carboxylic acids is 1. The number of ether oxygens (including phenoxy) is 2. The van der Waals surface area contributed by atoms with Crippen LogP contribution in [0.15, 0.2) is 60.7 Å². The molecule has 4 heteroatoms. The first-order chi connectivity index (χ1) is 15.7. The second kappa shape index (κ2) is 7.27. The van der Waals surface area contributed by atoms with Crippen LogP contribution in [0.3, 0.4) is 0 Å². The van der Waals surface area contributed by atoms with E-state index in [9.17, 15) is 9.90 Å². The quantitative estimate of drug-likeness (QED) is 0.279. The van der Waals surface area contributed by atoms with Gasteiger partial charge in [0.25, 0.3) is 0 Å². The van der Waals surface area contributed by atoms with Crippen molar-refractivity contribution in [3.05, 3.63) is 77.4 Å². The number of carbonyl (C=O) groups is 1. The van der Waals surface area contributed by atoms with E-state index in [4.69, 9.17) is 9.47 Å². The minimum absolute atomic E-state index is 0.315. The molecule has 1 saturated carbocycles. The molecule has 1 fully saturated rings. The van der Waals surface area contributed by atoms with E-state index < -0.39 is 6.16 Å². The smallest absolute Gasteiger partial charge is 0.507 e. The lowest BCUT2D eigenvalue weighted by Crippen LogP contribution is -2.16. The molecule has 2 aliphatic carbocycles. The zero-order valence-corrected chi connectivity index (χ0v) is 17.9. The van der Waals surface area contributed by atoms with Crippen molar-refractivity contribution in [2.75, 3.05) is 0 Å². The predicted molar refractivity (Wildman–Crippen MR) is 125 cm³/mol. The number of benzene rings is 4. The van der Waals surface area contributed by atoms with Crippen LogP contribution in [0.1, 0.15) is 54.7 Å². The maximum absolute atomic E-state index is 13.1. The zero-order chi connectivity index (χ0) is 21.8. The molecule has 2 bridgehead atoms. The van der Waals surface area contributed by atoms with Crippen molar-refractivity contribution < 1.29 is 19.4 Å². The molecule has 0 aliphatic heterocycles. The molecule has 0 spiro atoms. The molecule has 2 aliphatic rings. The van der Waals surface area contributed by atoms with Gasteiger partial charge in [0.1, 0.15) is 17.2 Å². The Kier molecular flexibility index (Phi) is 4.35. The lowest BCUT2D eigenvalue weighted by molar-refractivity contribution is 0.152. The Morgan fingerprint density at radius 1 is 0.906 bits per heavy atom. The molecule has 0 amide bonds. The van der Waals surface area contributed by atoms with Gasteiger partial charge in [0.15, 0.2) is 0 Å². The molecule has 2 atom stereocenters. The van der Waals surface area contributed by atoms with Crippen LogP contribution in [0, 0.1) is 0 Å². The number of hydrogen-bond donors (Lipinski definition) is 1. The summed E-state index contributed by atoms with van der Waals surface area (Å²) in [4.78, 5) is 13.1. The number of fused-ring (bicyclic) bond motifs is 7. The van der Waals surface area contributed by atoms with E-state index >= 15 is 0 Å². The largest absolute Gasteiger partial charge is 0.519 e. The molecule has 4 nitrogen and oxygen atoms in total. The molecule has 4 aromatic carbocycles. The number of rotatable bonds is 3. The highest BCUT2D eigenvalue weighted by atomic mass is 16.7. The summed E-state index contributed by atoms with van der Waals surface area (Å²) in [5, 5.41) is 14.6. The van der Waals surface area contributed by atoms with E-state index in [1.54, 1.807) is 6.07 Å². The fourth-order valence-corrected chi connectivity index (χ4v) is 5.80. The molecule has 0 heterocycles. The summed E-state index contributed by atoms with van der Waals surface area (Å²) in [6, 6.07) is 19.3. The van der Waals surface area contributed by atoms with Crippen LogP contribution in [-0.4, -0.2) is 11.3 Å². The van der Waals surface area contributed by atoms with Gasteiger partial charge in [-0.05, 0) is 54.5 Å². The van der Waals surface area contributed by atoms with Gasteiger partial charge in [0, 0.05) is 27.3 Å². The topological polar surface area (TPSA) is 55.8 Å². The first-order valence-corrected chi connectivity index (χ1v) is 11.3. The Morgan fingerprint density at radius 3 is 2.47 bits per heavy atom. The molecule has 0 aromatic heterocycles. The predicted octanol–water partition coefficient (Wildman–Crippen LogP) is 7.20. The summed E-state index contributed by atoms with van der Waals surface area (Å²) in [7, 11) is 0. The van der Waals surface area contributed by atoms with Crippen LogP contribution in [0.5, 0.6) is 17.2 Å². The minimum Gasteiger partial charge on any atom is -0.507 e. The molecule has 32 heavy (non-hydrogen) atoms. The molecule has 4 aromatic rings. The van der Waals surface area contributed by atoms with Crippen molar-refractivity contribution >= 4 is 27.7 Å². The SMILES string of the molecule is CCc1cccc2c(O)c3c(c(OC(=O)Oc4cccc5ccccc45)c12)C1CCC3C1. The van der Waals surface area contributed by atoms with Crippen molar-refractivity contribution in [1.29, 1.82) is 0 Å². The molecule has 0 radical (unpaired) electrons. The van der Waals surface area contributed by atoms with Crippen molar-refractivity contribution in [2.45, 2.75) is 44.4 Å². The Hall–Kier alpha value is -3.53. The van der Waals surface area contributed by atoms with Gasteiger partial charge in [-0.3, -0.25) is 0 Å². The summed E-state index contributed by atoms with van der Waals surface area (Å²) < 4.78 is 11.7. The van der Waals surface area contributed by atoms with E-state index in [2.05, 4.69) is 6.92 Å². The van der Waals surface area contributed by atoms with E-state index in [-0.39, 0.29) is 0 Å². The van der Waals surface area contributed by atoms with Gasteiger partial charge in [-0.1, -0.05) is 61.5 Å². The highest BCUT2D eigenvalue weighted by Gasteiger charge is 2.43. The monoisotopic (exact) mass is 424 g/mol. The van der Waals surface area contributed by atoms with Gasteiger partial charge in [0.05, 0.1) is 0 Å². The summed E-state index contributed by atoms with van der Waals surface area (Å²) in [5.74, 6) is 2.05. The Balaban J connectivity index is 1.47. The van der Waals surface area contributed by atoms with Crippen molar-refractivity contribution in [1.82, 2.24) is 0 Å². The van der Waals surface area contributed by atoms with Gasteiger partial charge in [-0.25, -0.2) is 4.79 Å². The second-order valence-corrected chi connectivity index (χ2v) is 8.84. The van der Waals surface area contributed by atoms with Crippen molar-refractivity contribution in [2.24, 2.45) is 0 Å². The summed E-state index contributed by atoms with van der Waals surface area (Å²) in [6.07, 6.45) is 3.17. The van der Waals surface area contributed by atoms with Crippen molar-refractivity contribution in [3.8, 4) is 17.2 Å². The average molecular weight is 424 g/mol. The minimum atomic E-state index is -0.746. The maximum Gasteiger partial charge on any atom is 0.519 e. The van der Waals surface area contributed by atoms with E-state index in [0.29, 0.717) is 29.1 Å². The van der Waals surface area contributed by atoms with Crippen LogP contribution in [0.2, 0.25) is 0 Å². The normalized spacial score (nSPS) is 18.8. The zero-order valence-electron chi connectivity index (χ0n) is 17.9. The fraction of sp³-hybridized carbons (Fsp3) is 0.250. The van der Waals surface area contributed by atoms with Crippen LogP contribution < -0.4 is 9.47 Å². The maximum atomic E-state index is 13.1. The van der Waals surface area contributed by atoms with Crippen LogP contribution in [0.4, 0.5) is 4.79 Å². The number of hydrogen-bond acceptors (Lipinski definition) is 4. The number of phenols is 1. The van der Waals surface area contributed by atoms with E-state index in [1.165, 1.54) is 0 Å². The van der Waals surface area contributed by atoms with Gasteiger partial charge >= 0.3 is 6.16 Å². The van der Waals surface area contributed by atoms with Gasteiger partial charge in [-0.15, -0.1) is 0 Å². The molecule has 2 unspecified atom stereocenters. The number of phenolic OH excluding ortho intramolecular Hbond substituents is 1. The molecular formula is C28H24O4. The standard InChI is InChI=1S/C28H24O4/c1-2-16-8-5-11-21-23(16)27(25-19-14-13-18(15-19)24(25)26(21)29)32-28(30)31-22-12-6-9-17-7-3-4-10-20(17)22/h3-12,18-19,29H,2,13-15H2,1H3. The molecule has 160 valence electrons. The lowest BCUT2D eigenvalue weighted by Gasteiger charge is -2.23. The lowest BCUT2D eigenvalue weighted by atomic mass is 9.86. The van der Waals surface area contributed by atoms with Gasteiger partial charge in [-0.2, -0.15) is 0 Å². The van der Waals surface area contributed by atoms with Crippen LogP contribution >= 0.6 is 0 Å². The molecule has 6 rings (SSSR count). The third-order valence-corrected chi connectivity index (χ3v) is 7.18. The Morgan fingerprint density at radius 2 is 1.62 bits per heavy atom. The summed E-state index contributed by atoms with van der Waals surface area (Å²) in [6.45, 7) is 2.07. The van der Waals surface area contributed by atoms with E-state index in [0.717, 1.165) is 63.9 Å². The first-order valence-electron chi connectivity index (χ1n) is 11.3. The number of aromatic hydroxyl groups is 1. The molecular weight excluding hydrogens is 400 g/mol. The van der Waals surface area contributed by atoms with Gasteiger partial charge < -0.3 is 14.6 Å². The molecule has 0 saturated heterocycles. The van der Waals surface area contributed by atoms with E-state index in [1.807, 2.05) is 54.6 Å².